The van der Waals surface area contributed by atoms with Crippen molar-refractivity contribution in [2.24, 2.45) is 11.8 Å². The molecule has 1 aliphatic carbocycles. The molecule has 3 atom stereocenters. The van der Waals surface area contributed by atoms with Crippen molar-refractivity contribution in [3.63, 3.8) is 0 Å². The minimum Gasteiger partial charge on any atom is -0.396 e. The molecule has 1 aromatic rings. The van der Waals surface area contributed by atoms with Crippen LogP contribution in [0.25, 0.3) is 0 Å². The summed E-state index contributed by atoms with van der Waals surface area (Å²) < 4.78 is 39.4. The Kier molecular flexibility index (Phi) is 5.05. The zero-order valence-corrected chi connectivity index (χ0v) is 11.2. The number of rotatable bonds is 5. The molecule has 0 saturated heterocycles. The Morgan fingerprint density at radius 2 is 1.80 bits per heavy atom. The van der Waals surface area contributed by atoms with Crippen LogP contribution >= 0.6 is 0 Å². The Hall–Kier alpha value is -1.07. The van der Waals surface area contributed by atoms with Crippen molar-refractivity contribution in [3.05, 3.63) is 35.9 Å². The Labute approximate surface area is 117 Å². The molecule has 1 aliphatic rings. The average Bonchev–Trinajstić information content (AvgIpc) is 2.86. The molecular weight excluding hydrogens is 267 g/mol. The van der Waals surface area contributed by atoms with E-state index in [0.717, 1.165) is 19.3 Å². The SMILES string of the molecule is OCC1CCCC1CNC(c1ccccc1)C(F)(F)F. The maximum absolute atomic E-state index is 13.1. The lowest BCUT2D eigenvalue weighted by atomic mass is 9.96. The predicted octanol–water partition coefficient (Wildman–Crippen LogP) is 3.29. The summed E-state index contributed by atoms with van der Waals surface area (Å²) >= 11 is 0. The fourth-order valence-corrected chi connectivity index (χ4v) is 2.96. The summed E-state index contributed by atoms with van der Waals surface area (Å²) in [5, 5.41) is 11.9. The molecule has 0 heterocycles. The lowest BCUT2D eigenvalue weighted by Gasteiger charge is -2.25. The van der Waals surface area contributed by atoms with Crippen LogP contribution in [0.3, 0.4) is 0 Å². The van der Waals surface area contributed by atoms with Gasteiger partial charge in [0.2, 0.25) is 0 Å². The molecule has 1 saturated carbocycles. The van der Waals surface area contributed by atoms with Crippen molar-refractivity contribution in [2.75, 3.05) is 13.2 Å². The van der Waals surface area contributed by atoms with Crippen LogP contribution in [0.1, 0.15) is 30.9 Å². The molecule has 2 N–H and O–H groups in total. The van der Waals surface area contributed by atoms with Crippen LogP contribution in [-0.4, -0.2) is 24.4 Å². The van der Waals surface area contributed by atoms with E-state index in [1.54, 1.807) is 18.2 Å². The van der Waals surface area contributed by atoms with Crippen molar-refractivity contribution in [2.45, 2.75) is 31.5 Å². The first-order chi connectivity index (χ1) is 9.52. The largest absolute Gasteiger partial charge is 0.407 e. The molecule has 0 radical (unpaired) electrons. The molecule has 112 valence electrons. The molecule has 0 bridgehead atoms. The molecule has 0 aromatic heterocycles. The highest BCUT2D eigenvalue weighted by atomic mass is 19.4. The quantitative estimate of drug-likeness (QED) is 0.871. The van der Waals surface area contributed by atoms with Gasteiger partial charge < -0.3 is 10.4 Å². The molecule has 1 fully saturated rings. The van der Waals surface area contributed by atoms with Gasteiger partial charge in [0.15, 0.2) is 0 Å². The molecule has 2 nitrogen and oxygen atoms in total. The van der Waals surface area contributed by atoms with Crippen LogP contribution in [0.4, 0.5) is 13.2 Å². The summed E-state index contributed by atoms with van der Waals surface area (Å²) in [5.74, 6) is 0.265. The predicted molar refractivity (Wildman–Crippen MR) is 71.2 cm³/mol. The van der Waals surface area contributed by atoms with Gasteiger partial charge in [0.05, 0.1) is 0 Å². The van der Waals surface area contributed by atoms with E-state index < -0.39 is 12.2 Å². The van der Waals surface area contributed by atoms with Gasteiger partial charge in [0, 0.05) is 6.61 Å². The lowest BCUT2D eigenvalue weighted by molar-refractivity contribution is -0.158. The van der Waals surface area contributed by atoms with Crippen molar-refractivity contribution >= 4 is 0 Å². The maximum atomic E-state index is 13.1. The number of halogens is 3. The number of aliphatic hydroxyl groups excluding tert-OH is 1. The van der Waals surface area contributed by atoms with Gasteiger partial charge in [-0.1, -0.05) is 36.8 Å². The number of hydrogen-bond acceptors (Lipinski definition) is 2. The fourth-order valence-electron chi connectivity index (χ4n) is 2.96. The first-order valence-corrected chi connectivity index (χ1v) is 6.98. The van der Waals surface area contributed by atoms with Crippen LogP contribution in [0.15, 0.2) is 30.3 Å². The average molecular weight is 287 g/mol. The van der Waals surface area contributed by atoms with Crippen LogP contribution in [-0.2, 0) is 0 Å². The first kappa shape index (κ1) is 15.3. The third-order valence-electron chi connectivity index (χ3n) is 4.10. The molecular formula is C15H20F3NO. The fraction of sp³-hybridized carbons (Fsp3) is 0.600. The summed E-state index contributed by atoms with van der Waals surface area (Å²) in [6, 6.07) is 6.27. The summed E-state index contributed by atoms with van der Waals surface area (Å²) in [6.45, 7) is 0.360. The maximum Gasteiger partial charge on any atom is 0.407 e. The minimum absolute atomic E-state index is 0.0639. The lowest BCUT2D eigenvalue weighted by Crippen LogP contribution is -2.38. The van der Waals surface area contributed by atoms with Crippen molar-refractivity contribution in [1.29, 1.82) is 0 Å². The van der Waals surface area contributed by atoms with E-state index in [4.69, 9.17) is 0 Å². The molecule has 20 heavy (non-hydrogen) atoms. The minimum atomic E-state index is -4.31. The van der Waals surface area contributed by atoms with Crippen LogP contribution in [0, 0.1) is 11.8 Å². The van der Waals surface area contributed by atoms with Crippen molar-refractivity contribution < 1.29 is 18.3 Å². The molecule has 0 spiro atoms. The van der Waals surface area contributed by atoms with E-state index in [9.17, 15) is 18.3 Å². The van der Waals surface area contributed by atoms with Gasteiger partial charge in [0.25, 0.3) is 0 Å². The zero-order valence-electron chi connectivity index (χ0n) is 11.2. The Morgan fingerprint density at radius 3 is 2.40 bits per heavy atom. The van der Waals surface area contributed by atoms with Gasteiger partial charge in [-0.3, -0.25) is 0 Å². The summed E-state index contributed by atoms with van der Waals surface area (Å²) in [7, 11) is 0. The second-order valence-corrected chi connectivity index (χ2v) is 5.43. The Bertz CT molecular complexity index is 407. The van der Waals surface area contributed by atoms with E-state index >= 15 is 0 Å². The van der Waals surface area contributed by atoms with Crippen LogP contribution in [0.5, 0.6) is 0 Å². The second-order valence-electron chi connectivity index (χ2n) is 5.43. The highest BCUT2D eigenvalue weighted by Gasteiger charge is 2.41. The normalized spacial score (nSPS) is 24.8. The van der Waals surface area contributed by atoms with Gasteiger partial charge in [-0.15, -0.1) is 0 Å². The monoisotopic (exact) mass is 287 g/mol. The van der Waals surface area contributed by atoms with E-state index in [0.29, 0.717) is 6.54 Å². The smallest absolute Gasteiger partial charge is 0.396 e. The van der Waals surface area contributed by atoms with Crippen molar-refractivity contribution in [1.82, 2.24) is 5.32 Å². The molecule has 3 unspecified atom stereocenters. The molecule has 0 amide bonds. The highest BCUT2D eigenvalue weighted by molar-refractivity contribution is 5.20. The number of benzene rings is 1. The zero-order chi connectivity index (χ0) is 14.6. The Balaban J connectivity index is 2.02. The van der Waals surface area contributed by atoms with E-state index in [1.165, 1.54) is 12.1 Å². The van der Waals surface area contributed by atoms with Gasteiger partial charge in [-0.2, -0.15) is 13.2 Å². The summed E-state index contributed by atoms with van der Waals surface area (Å²) in [5.41, 5.74) is 0.235. The Morgan fingerprint density at radius 1 is 1.15 bits per heavy atom. The third-order valence-corrected chi connectivity index (χ3v) is 4.10. The van der Waals surface area contributed by atoms with Gasteiger partial charge in [0.1, 0.15) is 6.04 Å². The third kappa shape index (κ3) is 3.73. The van der Waals surface area contributed by atoms with E-state index in [2.05, 4.69) is 5.32 Å². The summed E-state index contributed by atoms with van der Waals surface area (Å²) in [6.07, 6.45) is -1.53. The van der Waals surface area contributed by atoms with Crippen molar-refractivity contribution in [3.8, 4) is 0 Å². The second kappa shape index (κ2) is 6.59. The van der Waals surface area contributed by atoms with Crippen LogP contribution in [0.2, 0.25) is 0 Å². The number of alkyl halides is 3. The van der Waals surface area contributed by atoms with E-state index in [-0.39, 0.29) is 24.0 Å². The van der Waals surface area contributed by atoms with Gasteiger partial charge in [-0.05, 0) is 36.8 Å². The number of hydrogen-bond donors (Lipinski definition) is 2. The topological polar surface area (TPSA) is 32.3 Å². The molecule has 0 aliphatic heterocycles. The molecule has 5 heteroatoms. The van der Waals surface area contributed by atoms with E-state index in [1.807, 2.05) is 0 Å². The number of aliphatic hydroxyl groups is 1. The van der Waals surface area contributed by atoms with Gasteiger partial charge in [-0.25, -0.2) is 0 Å². The summed E-state index contributed by atoms with van der Waals surface area (Å²) in [4.78, 5) is 0. The first-order valence-electron chi connectivity index (χ1n) is 6.98. The molecule has 1 aromatic carbocycles. The highest BCUT2D eigenvalue weighted by Crippen LogP contribution is 2.35. The molecule has 2 rings (SSSR count). The van der Waals surface area contributed by atoms with Crippen LogP contribution < -0.4 is 5.32 Å². The number of nitrogens with one attached hydrogen (secondary N) is 1. The standard InChI is InChI=1S/C15H20F3NO/c16-15(17,18)14(11-5-2-1-3-6-11)19-9-12-7-4-8-13(12)10-20/h1-3,5-6,12-14,19-20H,4,7-10H2. The van der Waals surface area contributed by atoms with Gasteiger partial charge >= 0.3 is 6.18 Å².